The van der Waals surface area contributed by atoms with E-state index in [1.807, 2.05) is 0 Å². The second-order valence-electron chi connectivity index (χ2n) is 3.35. The quantitative estimate of drug-likeness (QED) is 0.370. The summed E-state index contributed by atoms with van der Waals surface area (Å²) in [6.45, 7) is 7.44. The summed E-state index contributed by atoms with van der Waals surface area (Å²) in [5.74, 6) is 0. The Balaban J connectivity index is 3.07. The van der Waals surface area contributed by atoms with Gasteiger partial charge in [-0.3, -0.25) is 0 Å². The van der Waals surface area contributed by atoms with E-state index >= 15 is 0 Å². The van der Waals surface area contributed by atoms with Crippen molar-refractivity contribution in [3.63, 3.8) is 0 Å². The van der Waals surface area contributed by atoms with Gasteiger partial charge in [0.15, 0.2) is 0 Å². The summed E-state index contributed by atoms with van der Waals surface area (Å²) in [7, 11) is -0.931. The fourth-order valence-corrected chi connectivity index (χ4v) is 1.20. The van der Waals surface area contributed by atoms with Crippen molar-refractivity contribution >= 4 is 8.07 Å². The summed E-state index contributed by atoms with van der Waals surface area (Å²) in [6.07, 6.45) is 0. The van der Waals surface area contributed by atoms with Gasteiger partial charge in [0.1, 0.15) is 6.79 Å². The third kappa shape index (κ3) is 8.14. The molecule has 0 aliphatic rings. The molecule has 0 amide bonds. The zero-order chi connectivity index (χ0) is 7.33. The third-order valence-corrected chi connectivity index (χ3v) is 2.79. The molecule has 0 bridgehead atoms. The molecule has 0 aromatic rings. The fraction of sp³-hybridized carbons (Fsp3) is 1.00. The first-order chi connectivity index (χ1) is 4.06. The highest BCUT2D eigenvalue weighted by Crippen LogP contribution is 2.06. The lowest BCUT2D eigenvalue weighted by Gasteiger charge is -2.14. The Morgan fingerprint density at radius 3 is 2.22 bits per heavy atom. The van der Waals surface area contributed by atoms with E-state index in [-0.39, 0.29) is 6.79 Å². The summed E-state index contributed by atoms with van der Waals surface area (Å²) in [4.78, 5) is 0. The first-order valence-corrected chi connectivity index (χ1v) is 6.95. The molecule has 0 unspecified atom stereocenters. The van der Waals surface area contributed by atoms with Gasteiger partial charge in [0.05, 0.1) is 0 Å². The van der Waals surface area contributed by atoms with Gasteiger partial charge < -0.3 is 9.84 Å². The maximum atomic E-state index is 8.26. The number of aliphatic hydroxyl groups is 1. The van der Waals surface area contributed by atoms with Crippen LogP contribution in [0.2, 0.25) is 25.7 Å². The van der Waals surface area contributed by atoms with Crippen LogP contribution in [-0.4, -0.2) is 26.6 Å². The minimum atomic E-state index is -0.931. The van der Waals surface area contributed by atoms with Crippen LogP contribution in [0.15, 0.2) is 0 Å². The summed E-state index contributed by atoms with van der Waals surface area (Å²) in [6, 6.07) is 1.13. The molecule has 0 saturated heterocycles. The molecule has 0 aromatic heterocycles. The maximum absolute atomic E-state index is 8.26. The molecular formula is C6H16O2Si. The van der Waals surface area contributed by atoms with E-state index in [1.54, 1.807) is 0 Å². The average molecular weight is 148 g/mol. The number of rotatable bonds is 4. The van der Waals surface area contributed by atoms with Crippen LogP contribution in [0.1, 0.15) is 0 Å². The van der Waals surface area contributed by atoms with Crippen molar-refractivity contribution in [3.05, 3.63) is 0 Å². The molecule has 0 heterocycles. The minimum Gasteiger partial charge on any atom is -0.371 e. The fourth-order valence-electron chi connectivity index (χ4n) is 0.443. The van der Waals surface area contributed by atoms with Crippen LogP contribution in [0.3, 0.4) is 0 Å². The summed E-state index contributed by atoms with van der Waals surface area (Å²) in [5, 5.41) is 8.26. The first kappa shape index (κ1) is 9.14. The van der Waals surface area contributed by atoms with Crippen molar-refractivity contribution in [3.8, 4) is 0 Å². The Morgan fingerprint density at radius 1 is 1.33 bits per heavy atom. The predicted molar refractivity (Wildman–Crippen MR) is 41.2 cm³/mol. The van der Waals surface area contributed by atoms with Crippen LogP contribution in [-0.2, 0) is 4.74 Å². The van der Waals surface area contributed by atoms with E-state index < -0.39 is 8.07 Å². The van der Waals surface area contributed by atoms with Gasteiger partial charge in [0.2, 0.25) is 0 Å². The second-order valence-corrected chi connectivity index (χ2v) is 8.97. The summed E-state index contributed by atoms with van der Waals surface area (Å²) >= 11 is 0. The molecule has 1 N–H and O–H groups in total. The lowest BCUT2D eigenvalue weighted by atomic mass is 10.9. The Hall–Kier alpha value is 0.137. The average Bonchev–Trinajstić information content (AvgIpc) is 1.63. The highest BCUT2D eigenvalue weighted by atomic mass is 28.3. The largest absolute Gasteiger partial charge is 0.371 e. The molecule has 0 saturated carbocycles. The molecule has 2 nitrogen and oxygen atoms in total. The lowest BCUT2D eigenvalue weighted by molar-refractivity contribution is 0.00507. The van der Waals surface area contributed by atoms with Gasteiger partial charge in [-0.15, -0.1) is 0 Å². The van der Waals surface area contributed by atoms with Crippen molar-refractivity contribution in [2.24, 2.45) is 0 Å². The number of ether oxygens (including phenoxy) is 1. The van der Waals surface area contributed by atoms with E-state index in [0.29, 0.717) is 6.61 Å². The third-order valence-electron chi connectivity index (χ3n) is 1.09. The highest BCUT2D eigenvalue weighted by molar-refractivity contribution is 6.76. The summed E-state index contributed by atoms with van der Waals surface area (Å²) in [5.41, 5.74) is 0. The zero-order valence-electron chi connectivity index (χ0n) is 6.48. The van der Waals surface area contributed by atoms with Gasteiger partial charge >= 0.3 is 0 Å². The normalized spacial score (nSPS) is 12.0. The van der Waals surface area contributed by atoms with Crippen molar-refractivity contribution in [2.45, 2.75) is 25.7 Å². The number of hydrogen-bond donors (Lipinski definition) is 1. The number of hydrogen-bond acceptors (Lipinski definition) is 2. The van der Waals surface area contributed by atoms with E-state index in [9.17, 15) is 0 Å². The van der Waals surface area contributed by atoms with Crippen LogP contribution < -0.4 is 0 Å². The van der Waals surface area contributed by atoms with Gasteiger partial charge in [-0.2, -0.15) is 0 Å². The molecule has 0 fully saturated rings. The van der Waals surface area contributed by atoms with Gasteiger partial charge in [-0.25, -0.2) is 0 Å². The van der Waals surface area contributed by atoms with E-state index in [1.165, 1.54) is 0 Å². The molecule has 0 aliphatic heterocycles. The molecule has 0 aromatic carbocycles. The standard InChI is InChI=1S/C6H16O2Si/c1-9(2,3)5-4-8-6-7/h7H,4-6H2,1-3H3. The SMILES string of the molecule is C[Si](C)(C)CCOCO. The first-order valence-electron chi connectivity index (χ1n) is 3.25. The molecular weight excluding hydrogens is 132 g/mol. The maximum Gasteiger partial charge on any atom is 0.143 e. The smallest absolute Gasteiger partial charge is 0.143 e. The van der Waals surface area contributed by atoms with Crippen LogP contribution in [0, 0.1) is 0 Å². The van der Waals surface area contributed by atoms with Gasteiger partial charge in [0.25, 0.3) is 0 Å². The Morgan fingerprint density at radius 2 is 1.89 bits per heavy atom. The molecule has 9 heavy (non-hydrogen) atoms. The monoisotopic (exact) mass is 148 g/mol. The zero-order valence-corrected chi connectivity index (χ0v) is 7.48. The molecule has 0 aliphatic carbocycles. The Bertz CT molecular complexity index is 67.9. The van der Waals surface area contributed by atoms with Crippen LogP contribution >= 0.6 is 0 Å². The van der Waals surface area contributed by atoms with E-state index in [4.69, 9.17) is 9.84 Å². The van der Waals surface area contributed by atoms with Crippen molar-refractivity contribution in [1.82, 2.24) is 0 Å². The molecule has 0 spiro atoms. The van der Waals surface area contributed by atoms with Gasteiger partial charge in [-0.05, 0) is 6.04 Å². The number of aliphatic hydroxyl groups excluding tert-OH is 1. The van der Waals surface area contributed by atoms with Crippen molar-refractivity contribution < 1.29 is 9.84 Å². The summed E-state index contributed by atoms with van der Waals surface area (Å²) < 4.78 is 4.80. The molecule has 0 atom stereocenters. The predicted octanol–water partition coefficient (Wildman–Crippen LogP) is 1.29. The van der Waals surface area contributed by atoms with Crippen molar-refractivity contribution in [2.75, 3.05) is 13.4 Å². The molecule has 56 valence electrons. The van der Waals surface area contributed by atoms with Gasteiger partial charge in [-0.1, -0.05) is 19.6 Å². The van der Waals surface area contributed by atoms with Crippen LogP contribution in [0.4, 0.5) is 0 Å². The Labute approximate surface area is 57.9 Å². The van der Waals surface area contributed by atoms with Crippen LogP contribution in [0.5, 0.6) is 0 Å². The molecule has 3 heteroatoms. The van der Waals surface area contributed by atoms with E-state index in [2.05, 4.69) is 19.6 Å². The highest BCUT2D eigenvalue weighted by Gasteiger charge is 2.11. The molecule has 0 rings (SSSR count). The molecule has 0 radical (unpaired) electrons. The second kappa shape index (κ2) is 4.03. The van der Waals surface area contributed by atoms with E-state index in [0.717, 1.165) is 6.04 Å². The minimum absolute atomic E-state index is 0.134. The van der Waals surface area contributed by atoms with Gasteiger partial charge in [0, 0.05) is 14.7 Å². The van der Waals surface area contributed by atoms with Crippen LogP contribution in [0.25, 0.3) is 0 Å². The lowest BCUT2D eigenvalue weighted by Crippen LogP contribution is -2.21. The topological polar surface area (TPSA) is 29.5 Å². The van der Waals surface area contributed by atoms with Crippen molar-refractivity contribution in [1.29, 1.82) is 0 Å². The Kier molecular flexibility index (Phi) is 4.09.